The van der Waals surface area contributed by atoms with E-state index in [2.05, 4.69) is 10.2 Å². The highest BCUT2D eigenvalue weighted by Gasteiger charge is 2.18. The molecule has 1 aromatic carbocycles. The lowest BCUT2D eigenvalue weighted by atomic mass is 10.1. The average molecular weight is 280 g/mol. The van der Waals surface area contributed by atoms with Crippen molar-refractivity contribution >= 4 is 11.7 Å². The largest absolute Gasteiger partial charge is 0.478 e. The number of halogens is 1. The van der Waals surface area contributed by atoms with Crippen molar-refractivity contribution in [1.82, 2.24) is 4.90 Å². The first-order valence-corrected chi connectivity index (χ1v) is 7.08. The van der Waals surface area contributed by atoms with E-state index in [0.717, 1.165) is 19.6 Å². The van der Waals surface area contributed by atoms with Crippen LogP contribution in [0, 0.1) is 5.82 Å². The molecule has 0 aliphatic carbocycles. The van der Waals surface area contributed by atoms with Crippen LogP contribution in [0.2, 0.25) is 0 Å². The Balaban J connectivity index is 2.01. The summed E-state index contributed by atoms with van der Waals surface area (Å²) in [6.07, 6.45) is 3.71. The van der Waals surface area contributed by atoms with Gasteiger partial charge in [0, 0.05) is 12.6 Å². The standard InChI is InChI=1S/C15H21FN2O2/c1-11(10-18-8-3-2-4-9-18)17-13-7-5-6-12(16)14(13)15(19)20/h5-7,11,17H,2-4,8-10H2,1H3,(H,19,20). The fourth-order valence-corrected chi connectivity index (χ4v) is 2.70. The Morgan fingerprint density at radius 1 is 1.40 bits per heavy atom. The summed E-state index contributed by atoms with van der Waals surface area (Å²) in [5, 5.41) is 12.2. The Labute approximate surface area is 118 Å². The van der Waals surface area contributed by atoms with Crippen LogP contribution in [0.25, 0.3) is 0 Å². The van der Waals surface area contributed by atoms with E-state index in [4.69, 9.17) is 5.11 Å². The molecule has 1 aliphatic rings. The summed E-state index contributed by atoms with van der Waals surface area (Å²) in [5.74, 6) is -1.94. The van der Waals surface area contributed by atoms with Gasteiger partial charge in [-0.15, -0.1) is 0 Å². The summed E-state index contributed by atoms with van der Waals surface area (Å²) in [4.78, 5) is 13.5. The Kier molecular flexibility index (Phi) is 4.95. The van der Waals surface area contributed by atoms with E-state index >= 15 is 0 Å². The Bertz CT molecular complexity index is 473. The van der Waals surface area contributed by atoms with Crippen molar-refractivity contribution < 1.29 is 14.3 Å². The number of carbonyl (C=O) groups is 1. The topological polar surface area (TPSA) is 52.6 Å². The molecule has 5 heteroatoms. The lowest BCUT2D eigenvalue weighted by molar-refractivity contribution is 0.0693. The number of nitrogens with one attached hydrogen (secondary N) is 1. The molecule has 1 aliphatic heterocycles. The van der Waals surface area contributed by atoms with Crippen LogP contribution >= 0.6 is 0 Å². The second-order valence-electron chi connectivity index (χ2n) is 5.37. The van der Waals surface area contributed by atoms with Crippen molar-refractivity contribution in [2.24, 2.45) is 0 Å². The fraction of sp³-hybridized carbons (Fsp3) is 0.533. The quantitative estimate of drug-likeness (QED) is 0.871. The van der Waals surface area contributed by atoms with Crippen molar-refractivity contribution in [1.29, 1.82) is 0 Å². The van der Waals surface area contributed by atoms with E-state index in [-0.39, 0.29) is 11.6 Å². The van der Waals surface area contributed by atoms with Crippen LogP contribution in [-0.4, -0.2) is 41.7 Å². The van der Waals surface area contributed by atoms with Crippen LogP contribution in [0.1, 0.15) is 36.5 Å². The van der Waals surface area contributed by atoms with Crippen LogP contribution in [0.5, 0.6) is 0 Å². The smallest absolute Gasteiger partial charge is 0.340 e. The zero-order valence-corrected chi connectivity index (χ0v) is 11.7. The lowest BCUT2D eigenvalue weighted by Gasteiger charge is -2.30. The monoisotopic (exact) mass is 280 g/mol. The number of carboxylic acids is 1. The number of likely N-dealkylation sites (tertiary alicyclic amines) is 1. The van der Waals surface area contributed by atoms with E-state index in [1.165, 1.54) is 31.4 Å². The summed E-state index contributed by atoms with van der Waals surface area (Å²) in [5.41, 5.74) is 0.0694. The summed E-state index contributed by atoms with van der Waals surface area (Å²) < 4.78 is 13.6. The predicted octanol–water partition coefficient (Wildman–Crippen LogP) is 2.81. The zero-order valence-electron chi connectivity index (χ0n) is 11.7. The molecule has 0 bridgehead atoms. The zero-order chi connectivity index (χ0) is 14.5. The molecule has 110 valence electrons. The van der Waals surface area contributed by atoms with E-state index in [0.29, 0.717) is 5.69 Å². The van der Waals surface area contributed by atoms with Gasteiger partial charge in [-0.05, 0) is 45.0 Å². The molecule has 0 radical (unpaired) electrons. The van der Waals surface area contributed by atoms with Gasteiger partial charge in [0.15, 0.2) is 0 Å². The van der Waals surface area contributed by atoms with E-state index in [1.54, 1.807) is 6.07 Å². The van der Waals surface area contributed by atoms with Gasteiger partial charge in [-0.3, -0.25) is 0 Å². The van der Waals surface area contributed by atoms with Gasteiger partial charge < -0.3 is 15.3 Å². The van der Waals surface area contributed by atoms with Gasteiger partial charge in [0.05, 0.1) is 5.69 Å². The van der Waals surface area contributed by atoms with Gasteiger partial charge >= 0.3 is 5.97 Å². The molecule has 1 heterocycles. The normalized spacial score (nSPS) is 17.7. The molecule has 0 saturated carbocycles. The molecular weight excluding hydrogens is 259 g/mol. The van der Waals surface area contributed by atoms with Crippen molar-refractivity contribution in [3.8, 4) is 0 Å². The maximum Gasteiger partial charge on any atom is 0.340 e. The highest BCUT2D eigenvalue weighted by Crippen LogP contribution is 2.20. The molecule has 1 aromatic rings. The first-order chi connectivity index (χ1) is 9.58. The van der Waals surface area contributed by atoms with Crippen molar-refractivity contribution in [2.45, 2.75) is 32.2 Å². The molecule has 1 unspecified atom stereocenters. The maximum atomic E-state index is 13.6. The first kappa shape index (κ1) is 14.8. The molecule has 1 fully saturated rings. The third-order valence-corrected chi connectivity index (χ3v) is 3.61. The minimum atomic E-state index is -1.24. The predicted molar refractivity (Wildman–Crippen MR) is 76.7 cm³/mol. The molecular formula is C15H21FN2O2. The molecule has 20 heavy (non-hydrogen) atoms. The molecule has 0 spiro atoms. The highest BCUT2D eigenvalue weighted by atomic mass is 19.1. The fourth-order valence-electron chi connectivity index (χ4n) is 2.70. The number of aromatic carboxylic acids is 1. The number of hydrogen-bond acceptors (Lipinski definition) is 3. The van der Waals surface area contributed by atoms with E-state index in [1.807, 2.05) is 6.92 Å². The van der Waals surface area contributed by atoms with Crippen LogP contribution in [-0.2, 0) is 0 Å². The first-order valence-electron chi connectivity index (χ1n) is 7.08. The molecule has 1 atom stereocenters. The van der Waals surface area contributed by atoms with Gasteiger partial charge in [-0.2, -0.15) is 0 Å². The highest BCUT2D eigenvalue weighted by molar-refractivity contribution is 5.94. The molecule has 4 nitrogen and oxygen atoms in total. The summed E-state index contributed by atoms with van der Waals surface area (Å²) in [6, 6.07) is 4.38. The molecule has 1 saturated heterocycles. The third-order valence-electron chi connectivity index (χ3n) is 3.61. The average Bonchev–Trinajstić information content (AvgIpc) is 2.39. The van der Waals surface area contributed by atoms with Crippen LogP contribution < -0.4 is 5.32 Å². The van der Waals surface area contributed by atoms with Crippen LogP contribution in [0.3, 0.4) is 0 Å². The maximum absolute atomic E-state index is 13.6. The number of carboxylic acid groups (broad SMARTS) is 1. The second-order valence-corrected chi connectivity index (χ2v) is 5.37. The number of nitrogens with zero attached hydrogens (tertiary/aromatic N) is 1. The van der Waals surface area contributed by atoms with Gasteiger partial charge in [-0.1, -0.05) is 12.5 Å². The SMILES string of the molecule is CC(CN1CCCCC1)Nc1cccc(F)c1C(=O)O. The number of rotatable bonds is 5. The Morgan fingerprint density at radius 3 is 2.75 bits per heavy atom. The van der Waals surface area contributed by atoms with E-state index in [9.17, 15) is 9.18 Å². The molecule has 0 aromatic heterocycles. The number of hydrogen-bond donors (Lipinski definition) is 2. The van der Waals surface area contributed by atoms with Crippen molar-refractivity contribution in [3.05, 3.63) is 29.6 Å². The Morgan fingerprint density at radius 2 is 2.10 bits per heavy atom. The van der Waals surface area contributed by atoms with Crippen LogP contribution in [0.15, 0.2) is 18.2 Å². The van der Waals surface area contributed by atoms with Gasteiger partial charge in [0.1, 0.15) is 11.4 Å². The van der Waals surface area contributed by atoms with Crippen molar-refractivity contribution in [3.63, 3.8) is 0 Å². The number of piperidine rings is 1. The third kappa shape index (κ3) is 3.70. The summed E-state index contributed by atoms with van der Waals surface area (Å²) >= 11 is 0. The minimum Gasteiger partial charge on any atom is -0.478 e. The molecule has 2 rings (SSSR count). The number of anilines is 1. The number of benzene rings is 1. The summed E-state index contributed by atoms with van der Waals surface area (Å²) in [7, 11) is 0. The van der Waals surface area contributed by atoms with Crippen molar-refractivity contribution in [2.75, 3.05) is 25.0 Å². The molecule has 2 N–H and O–H groups in total. The molecule has 0 amide bonds. The van der Waals surface area contributed by atoms with Gasteiger partial charge in [0.2, 0.25) is 0 Å². The summed E-state index contributed by atoms with van der Waals surface area (Å²) in [6.45, 7) is 5.00. The second kappa shape index (κ2) is 6.70. The lowest BCUT2D eigenvalue weighted by Crippen LogP contribution is -2.38. The minimum absolute atomic E-state index is 0.0769. The van der Waals surface area contributed by atoms with E-state index < -0.39 is 11.8 Å². The Hall–Kier alpha value is -1.62. The van der Waals surface area contributed by atoms with Crippen LogP contribution in [0.4, 0.5) is 10.1 Å². The van der Waals surface area contributed by atoms with Gasteiger partial charge in [-0.25, -0.2) is 9.18 Å². The van der Waals surface area contributed by atoms with Gasteiger partial charge in [0.25, 0.3) is 0 Å².